The van der Waals surface area contributed by atoms with E-state index in [0.717, 1.165) is 18.2 Å². The standard InChI is InChI=1S/C13H7F4NO2/c14-11-6-5-8(7-19)12(18-11)9-3-1-2-4-10(9)20-13(15,16)17/h1-7H. The van der Waals surface area contributed by atoms with Crippen LogP contribution < -0.4 is 4.74 Å². The van der Waals surface area contributed by atoms with E-state index >= 15 is 0 Å². The largest absolute Gasteiger partial charge is 0.573 e. The van der Waals surface area contributed by atoms with Gasteiger partial charge in [0, 0.05) is 11.1 Å². The van der Waals surface area contributed by atoms with Crippen molar-refractivity contribution < 1.29 is 27.1 Å². The van der Waals surface area contributed by atoms with Crippen LogP contribution in [0.15, 0.2) is 36.4 Å². The highest BCUT2D eigenvalue weighted by Gasteiger charge is 2.32. The second kappa shape index (κ2) is 5.28. The Morgan fingerprint density at radius 3 is 2.45 bits per heavy atom. The maximum atomic E-state index is 13.1. The van der Waals surface area contributed by atoms with Crippen molar-refractivity contribution in [1.29, 1.82) is 0 Å². The van der Waals surface area contributed by atoms with Gasteiger partial charge in [0.25, 0.3) is 0 Å². The third kappa shape index (κ3) is 3.11. The van der Waals surface area contributed by atoms with E-state index in [1.165, 1.54) is 18.2 Å². The number of rotatable bonds is 3. The second-order valence-electron chi connectivity index (χ2n) is 3.73. The summed E-state index contributed by atoms with van der Waals surface area (Å²) in [6, 6.07) is 7.15. The van der Waals surface area contributed by atoms with Crippen molar-refractivity contribution in [3.05, 3.63) is 47.9 Å². The minimum Gasteiger partial charge on any atom is -0.405 e. The van der Waals surface area contributed by atoms with Gasteiger partial charge in [-0.3, -0.25) is 4.79 Å². The van der Waals surface area contributed by atoms with Gasteiger partial charge in [0.1, 0.15) is 5.75 Å². The molecule has 1 aromatic carbocycles. The molecular formula is C13H7F4NO2. The van der Waals surface area contributed by atoms with Gasteiger partial charge in [0.15, 0.2) is 6.29 Å². The number of para-hydroxylation sites is 1. The maximum absolute atomic E-state index is 13.1. The fourth-order valence-electron chi connectivity index (χ4n) is 1.63. The average Bonchev–Trinajstić information content (AvgIpc) is 2.37. The van der Waals surface area contributed by atoms with E-state index in [2.05, 4.69) is 9.72 Å². The summed E-state index contributed by atoms with van der Waals surface area (Å²) >= 11 is 0. The molecule has 7 heteroatoms. The van der Waals surface area contributed by atoms with Crippen LogP contribution in [0.5, 0.6) is 5.75 Å². The number of aromatic nitrogens is 1. The zero-order valence-electron chi connectivity index (χ0n) is 9.82. The molecule has 0 aliphatic heterocycles. The topological polar surface area (TPSA) is 39.2 Å². The molecule has 0 saturated carbocycles. The molecular weight excluding hydrogens is 278 g/mol. The molecule has 0 bridgehead atoms. The summed E-state index contributed by atoms with van der Waals surface area (Å²) in [5.41, 5.74) is -0.365. The van der Waals surface area contributed by atoms with Gasteiger partial charge >= 0.3 is 6.36 Å². The molecule has 1 aromatic heterocycles. The smallest absolute Gasteiger partial charge is 0.405 e. The van der Waals surface area contributed by atoms with Crippen molar-refractivity contribution in [1.82, 2.24) is 4.98 Å². The summed E-state index contributed by atoms with van der Waals surface area (Å²) in [4.78, 5) is 14.3. The zero-order chi connectivity index (χ0) is 14.8. The SMILES string of the molecule is O=Cc1ccc(F)nc1-c1ccccc1OC(F)(F)F. The minimum atomic E-state index is -4.90. The molecule has 0 saturated heterocycles. The Hall–Kier alpha value is -2.44. The predicted molar refractivity (Wildman–Crippen MR) is 61.7 cm³/mol. The number of pyridine rings is 1. The highest BCUT2D eigenvalue weighted by molar-refractivity contribution is 5.87. The molecule has 0 aliphatic rings. The Kier molecular flexibility index (Phi) is 3.69. The van der Waals surface area contributed by atoms with Crippen LogP contribution in [0.1, 0.15) is 10.4 Å². The number of carbonyl (C=O) groups is 1. The zero-order valence-corrected chi connectivity index (χ0v) is 9.82. The quantitative estimate of drug-likeness (QED) is 0.491. The fourth-order valence-corrected chi connectivity index (χ4v) is 1.63. The molecule has 0 fully saturated rings. The molecule has 0 radical (unpaired) electrons. The van der Waals surface area contributed by atoms with Crippen LogP contribution in [-0.4, -0.2) is 17.6 Å². The first-order valence-electron chi connectivity index (χ1n) is 5.37. The first-order valence-corrected chi connectivity index (χ1v) is 5.37. The summed E-state index contributed by atoms with van der Waals surface area (Å²) in [6.45, 7) is 0. The number of hydrogen-bond acceptors (Lipinski definition) is 3. The lowest BCUT2D eigenvalue weighted by Gasteiger charge is -2.13. The van der Waals surface area contributed by atoms with Gasteiger partial charge in [-0.15, -0.1) is 13.2 Å². The third-order valence-corrected chi connectivity index (χ3v) is 2.39. The van der Waals surface area contributed by atoms with Crippen LogP contribution in [0, 0.1) is 5.95 Å². The Balaban J connectivity index is 2.58. The number of nitrogens with zero attached hydrogens (tertiary/aromatic N) is 1. The Bertz CT molecular complexity index is 641. The average molecular weight is 285 g/mol. The van der Waals surface area contributed by atoms with Gasteiger partial charge in [-0.05, 0) is 24.3 Å². The van der Waals surface area contributed by atoms with Crippen LogP contribution in [0.4, 0.5) is 17.6 Å². The number of benzene rings is 1. The number of aldehydes is 1. The fraction of sp³-hybridized carbons (Fsp3) is 0.0769. The molecule has 0 spiro atoms. The van der Waals surface area contributed by atoms with E-state index in [1.54, 1.807) is 0 Å². The number of alkyl halides is 3. The van der Waals surface area contributed by atoms with Crippen LogP contribution in [0.3, 0.4) is 0 Å². The van der Waals surface area contributed by atoms with Crippen LogP contribution in [0.2, 0.25) is 0 Å². The first kappa shape index (κ1) is 14.0. The summed E-state index contributed by atoms with van der Waals surface area (Å²) in [6.07, 6.45) is -4.52. The van der Waals surface area contributed by atoms with E-state index < -0.39 is 18.1 Å². The van der Waals surface area contributed by atoms with Crippen LogP contribution in [0.25, 0.3) is 11.3 Å². The Morgan fingerprint density at radius 1 is 1.10 bits per heavy atom. The number of ether oxygens (including phenoxy) is 1. The van der Waals surface area contributed by atoms with Crippen molar-refractivity contribution in [3.8, 4) is 17.0 Å². The monoisotopic (exact) mass is 285 g/mol. The van der Waals surface area contributed by atoms with Crippen molar-refractivity contribution in [2.75, 3.05) is 0 Å². The van der Waals surface area contributed by atoms with Gasteiger partial charge in [0.05, 0.1) is 5.69 Å². The summed E-state index contributed by atoms with van der Waals surface area (Å²) in [5.74, 6) is -1.46. The molecule has 0 unspecified atom stereocenters. The molecule has 2 rings (SSSR count). The minimum absolute atomic E-state index is 0.0374. The third-order valence-electron chi connectivity index (χ3n) is 2.39. The van der Waals surface area contributed by atoms with E-state index in [4.69, 9.17) is 0 Å². The normalized spacial score (nSPS) is 11.2. The molecule has 104 valence electrons. The van der Waals surface area contributed by atoms with E-state index in [1.807, 2.05) is 0 Å². The second-order valence-corrected chi connectivity index (χ2v) is 3.73. The van der Waals surface area contributed by atoms with E-state index in [9.17, 15) is 22.4 Å². The lowest BCUT2D eigenvalue weighted by Crippen LogP contribution is -2.17. The number of halogens is 4. The number of hydrogen-bond donors (Lipinski definition) is 0. The van der Waals surface area contributed by atoms with Crippen molar-refractivity contribution >= 4 is 6.29 Å². The molecule has 0 atom stereocenters. The van der Waals surface area contributed by atoms with E-state index in [-0.39, 0.29) is 16.8 Å². The molecule has 1 heterocycles. The Labute approximate surface area is 110 Å². The maximum Gasteiger partial charge on any atom is 0.573 e. The van der Waals surface area contributed by atoms with Crippen LogP contribution >= 0.6 is 0 Å². The van der Waals surface area contributed by atoms with Crippen molar-refractivity contribution in [2.45, 2.75) is 6.36 Å². The highest BCUT2D eigenvalue weighted by Crippen LogP contribution is 2.33. The molecule has 20 heavy (non-hydrogen) atoms. The molecule has 0 amide bonds. The van der Waals surface area contributed by atoms with Crippen LogP contribution in [-0.2, 0) is 0 Å². The van der Waals surface area contributed by atoms with Gasteiger partial charge in [-0.1, -0.05) is 12.1 Å². The molecule has 0 aliphatic carbocycles. The van der Waals surface area contributed by atoms with Crippen molar-refractivity contribution in [2.24, 2.45) is 0 Å². The molecule has 2 aromatic rings. The lowest BCUT2D eigenvalue weighted by atomic mass is 10.1. The summed E-state index contributed by atoms with van der Waals surface area (Å²) in [5, 5.41) is 0. The molecule has 3 nitrogen and oxygen atoms in total. The highest BCUT2D eigenvalue weighted by atomic mass is 19.4. The number of carbonyl (C=O) groups excluding carboxylic acids is 1. The summed E-state index contributed by atoms with van der Waals surface area (Å²) < 4.78 is 53.9. The van der Waals surface area contributed by atoms with Gasteiger partial charge in [0.2, 0.25) is 5.95 Å². The first-order chi connectivity index (χ1) is 9.40. The summed E-state index contributed by atoms with van der Waals surface area (Å²) in [7, 11) is 0. The van der Waals surface area contributed by atoms with Gasteiger partial charge in [-0.2, -0.15) is 4.39 Å². The Morgan fingerprint density at radius 2 is 1.80 bits per heavy atom. The van der Waals surface area contributed by atoms with Gasteiger partial charge < -0.3 is 4.74 Å². The van der Waals surface area contributed by atoms with E-state index in [0.29, 0.717) is 6.29 Å². The molecule has 0 N–H and O–H groups in total. The van der Waals surface area contributed by atoms with Gasteiger partial charge in [-0.25, -0.2) is 4.98 Å². The van der Waals surface area contributed by atoms with Crippen molar-refractivity contribution in [3.63, 3.8) is 0 Å². The lowest BCUT2D eigenvalue weighted by molar-refractivity contribution is -0.274. The predicted octanol–water partition coefficient (Wildman–Crippen LogP) is 3.60.